The lowest BCUT2D eigenvalue weighted by Crippen LogP contribution is -2.56. The fraction of sp³-hybridized carbons (Fsp3) is 0.519. The zero-order chi connectivity index (χ0) is 25.5. The van der Waals surface area contributed by atoms with Gasteiger partial charge >= 0.3 is 11.9 Å². The van der Waals surface area contributed by atoms with Crippen LogP contribution in [0.3, 0.4) is 0 Å². The van der Waals surface area contributed by atoms with E-state index in [1.165, 1.54) is 20.6 Å². The van der Waals surface area contributed by atoms with Gasteiger partial charge in [0.1, 0.15) is 11.1 Å². The number of methoxy groups -OCH3 is 2. The van der Waals surface area contributed by atoms with Crippen molar-refractivity contribution in [3.8, 4) is 0 Å². The van der Waals surface area contributed by atoms with Crippen LogP contribution in [0.2, 0.25) is 0 Å². The van der Waals surface area contributed by atoms with Gasteiger partial charge in [-0.05, 0) is 48.6 Å². The second-order valence-electron chi connectivity index (χ2n) is 9.58. The van der Waals surface area contributed by atoms with Crippen LogP contribution < -0.4 is 16.8 Å². The third-order valence-corrected chi connectivity index (χ3v) is 7.14. The highest BCUT2D eigenvalue weighted by molar-refractivity contribution is 6.05. The van der Waals surface area contributed by atoms with Crippen LogP contribution >= 0.6 is 12.4 Å². The molecule has 5 N–H and O–H groups in total. The molecule has 2 aliphatic rings. The molecule has 0 radical (unpaired) electrons. The Morgan fingerprint density at radius 1 is 0.806 bits per heavy atom. The first kappa shape index (κ1) is 29.4. The summed E-state index contributed by atoms with van der Waals surface area (Å²) in [6.07, 6.45) is 8.88. The minimum Gasteiger partial charge on any atom is -0.468 e. The van der Waals surface area contributed by atoms with Crippen molar-refractivity contribution in [3.05, 3.63) is 42.0 Å². The number of carbonyl (C=O) groups is 3. The van der Waals surface area contributed by atoms with E-state index in [9.17, 15) is 14.4 Å². The van der Waals surface area contributed by atoms with Gasteiger partial charge in [-0.25, -0.2) is 4.79 Å². The number of anilines is 1. The molecule has 0 heterocycles. The minimum absolute atomic E-state index is 0. The van der Waals surface area contributed by atoms with Gasteiger partial charge in [-0.2, -0.15) is 0 Å². The minimum atomic E-state index is -0.942. The van der Waals surface area contributed by atoms with Crippen molar-refractivity contribution < 1.29 is 23.9 Å². The molecule has 2 aliphatic carbocycles. The molecule has 0 unspecified atom stereocenters. The first-order chi connectivity index (χ1) is 16.7. The summed E-state index contributed by atoms with van der Waals surface area (Å²) in [5.41, 5.74) is 11.1. The van der Waals surface area contributed by atoms with E-state index in [1.807, 2.05) is 24.3 Å². The smallest absolute Gasteiger partial charge is 0.331 e. The lowest BCUT2D eigenvalue weighted by molar-refractivity contribution is -0.150. The topological polar surface area (TPSA) is 134 Å². The highest BCUT2D eigenvalue weighted by Crippen LogP contribution is 2.31. The second kappa shape index (κ2) is 12.9. The van der Waals surface area contributed by atoms with E-state index in [0.29, 0.717) is 24.1 Å². The summed E-state index contributed by atoms with van der Waals surface area (Å²) in [5.74, 6) is -0.960. The molecule has 0 saturated heterocycles. The molecule has 4 rings (SSSR count). The standard InChI is InChI=1S/C19H22N2O3.C8H15NO2.ClH/c1-24-18(23)19(9-5-2-6-10-19)21-17(22)15-11-13-7-3-4-8-14(13)12-16(15)20;1-11-7(10)8(9)5-3-2-4-6-8;/h3-4,7-8,11-12H,2,5-6,9-10,20H2,1H3,(H,21,22);2-6,9H2,1H3;1H. The van der Waals surface area contributed by atoms with Crippen LogP contribution in [-0.2, 0) is 19.1 Å². The second-order valence-corrected chi connectivity index (χ2v) is 9.58. The molecular formula is C27H38ClN3O5. The number of hydrogen-bond acceptors (Lipinski definition) is 7. The van der Waals surface area contributed by atoms with Gasteiger partial charge in [0.2, 0.25) is 0 Å². The number of fused-ring (bicyclic) bond motifs is 1. The van der Waals surface area contributed by atoms with Crippen LogP contribution in [0.15, 0.2) is 36.4 Å². The van der Waals surface area contributed by atoms with Gasteiger partial charge < -0.3 is 26.3 Å². The number of rotatable bonds is 4. The summed E-state index contributed by atoms with van der Waals surface area (Å²) in [4.78, 5) is 36.2. The Hall–Kier alpha value is -2.84. The maximum atomic E-state index is 12.8. The molecule has 8 nitrogen and oxygen atoms in total. The van der Waals surface area contributed by atoms with Crippen molar-refractivity contribution >= 4 is 46.7 Å². The van der Waals surface area contributed by atoms with Crippen LogP contribution in [0.1, 0.15) is 74.6 Å². The Morgan fingerprint density at radius 3 is 1.83 bits per heavy atom. The highest BCUT2D eigenvalue weighted by Gasteiger charge is 2.42. The Labute approximate surface area is 218 Å². The number of nitrogens with two attached hydrogens (primary N) is 2. The molecule has 0 aromatic heterocycles. The third-order valence-electron chi connectivity index (χ3n) is 7.14. The van der Waals surface area contributed by atoms with Crippen molar-refractivity contribution in [1.29, 1.82) is 0 Å². The van der Waals surface area contributed by atoms with Crippen molar-refractivity contribution in [3.63, 3.8) is 0 Å². The number of nitrogens with one attached hydrogen (secondary N) is 1. The molecule has 0 aliphatic heterocycles. The molecule has 0 spiro atoms. The third kappa shape index (κ3) is 6.68. The normalized spacial score (nSPS) is 18.0. The number of nitrogen functional groups attached to an aromatic ring is 1. The van der Waals surface area contributed by atoms with Gasteiger partial charge in [0.25, 0.3) is 5.91 Å². The number of ether oxygens (including phenoxy) is 2. The summed E-state index contributed by atoms with van der Waals surface area (Å²) in [5, 5.41) is 4.83. The van der Waals surface area contributed by atoms with E-state index in [-0.39, 0.29) is 30.3 Å². The first-order valence-corrected chi connectivity index (χ1v) is 12.3. The number of halogens is 1. The predicted molar refractivity (Wildman–Crippen MR) is 143 cm³/mol. The maximum absolute atomic E-state index is 12.8. The van der Waals surface area contributed by atoms with Crippen LogP contribution in [-0.4, -0.2) is 43.1 Å². The Morgan fingerprint density at radius 2 is 1.31 bits per heavy atom. The monoisotopic (exact) mass is 519 g/mol. The number of carbonyl (C=O) groups excluding carboxylic acids is 3. The number of amides is 1. The number of benzene rings is 2. The van der Waals surface area contributed by atoms with Gasteiger partial charge in [-0.1, -0.05) is 62.8 Å². The molecule has 2 fully saturated rings. The maximum Gasteiger partial charge on any atom is 0.331 e. The van der Waals surface area contributed by atoms with E-state index in [2.05, 4.69) is 10.1 Å². The highest BCUT2D eigenvalue weighted by atomic mass is 35.5. The quantitative estimate of drug-likeness (QED) is 0.405. The van der Waals surface area contributed by atoms with Crippen LogP contribution in [0.4, 0.5) is 5.69 Å². The summed E-state index contributed by atoms with van der Waals surface area (Å²) >= 11 is 0. The molecule has 2 aromatic rings. The summed E-state index contributed by atoms with van der Waals surface area (Å²) in [6.45, 7) is 0. The lowest BCUT2D eigenvalue weighted by Gasteiger charge is -2.35. The van der Waals surface area contributed by atoms with Crippen molar-refractivity contribution in [2.24, 2.45) is 5.73 Å². The van der Waals surface area contributed by atoms with E-state index in [1.54, 1.807) is 12.1 Å². The van der Waals surface area contributed by atoms with Crippen molar-refractivity contribution in [2.75, 3.05) is 20.0 Å². The first-order valence-electron chi connectivity index (χ1n) is 12.3. The summed E-state index contributed by atoms with van der Waals surface area (Å²) in [6, 6.07) is 11.3. The molecule has 2 aromatic carbocycles. The zero-order valence-electron chi connectivity index (χ0n) is 21.1. The van der Waals surface area contributed by atoms with Gasteiger partial charge in [0, 0.05) is 5.69 Å². The van der Waals surface area contributed by atoms with E-state index in [4.69, 9.17) is 16.2 Å². The average Bonchev–Trinajstić information content (AvgIpc) is 2.88. The lowest BCUT2D eigenvalue weighted by atomic mass is 9.81. The summed E-state index contributed by atoms with van der Waals surface area (Å²) < 4.78 is 9.57. The van der Waals surface area contributed by atoms with Gasteiger partial charge in [-0.15, -0.1) is 12.4 Å². The summed E-state index contributed by atoms with van der Waals surface area (Å²) in [7, 11) is 2.75. The fourth-order valence-electron chi connectivity index (χ4n) is 5.06. The number of hydrogen-bond donors (Lipinski definition) is 3. The van der Waals surface area contributed by atoms with Crippen molar-refractivity contribution in [2.45, 2.75) is 75.3 Å². The van der Waals surface area contributed by atoms with Crippen LogP contribution in [0.25, 0.3) is 10.8 Å². The molecule has 36 heavy (non-hydrogen) atoms. The van der Waals surface area contributed by atoms with Gasteiger partial charge in [0.15, 0.2) is 0 Å². The fourth-order valence-corrected chi connectivity index (χ4v) is 5.06. The van der Waals surface area contributed by atoms with Crippen molar-refractivity contribution in [1.82, 2.24) is 5.32 Å². The molecule has 0 bridgehead atoms. The predicted octanol–water partition coefficient (Wildman–Crippen LogP) is 4.27. The molecule has 0 atom stereocenters. The average molecular weight is 520 g/mol. The molecule has 2 saturated carbocycles. The Balaban J connectivity index is 0.000000321. The van der Waals surface area contributed by atoms with Crippen LogP contribution in [0, 0.1) is 0 Å². The van der Waals surface area contributed by atoms with Gasteiger partial charge in [-0.3, -0.25) is 9.59 Å². The number of esters is 2. The van der Waals surface area contributed by atoms with E-state index in [0.717, 1.165) is 55.7 Å². The molecule has 9 heteroatoms. The molecule has 1 amide bonds. The van der Waals surface area contributed by atoms with E-state index >= 15 is 0 Å². The largest absolute Gasteiger partial charge is 0.468 e. The zero-order valence-corrected chi connectivity index (χ0v) is 22.0. The Bertz CT molecular complexity index is 1060. The Kier molecular flexibility index (Phi) is 10.5. The molecule has 198 valence electrons. The molecular weight excluding hydrogens is 482 g/mol. The van der Waals surface area contributed by atoms with E-state index < -0.39 is 11.1 Å². The SMILES string of the molecule is COC(=O)C1(N)CCCCC1.COC(=O)C1(NC(=O)c2cc3ccccc3cc2N)CCCCC1.Cl. The van der Waals surface area contributed by atoms with Crippen LogP contribution in [0.5, 0.6) is 0 Å². The van der Waals surface area contributed by atoms with Gasteiger partial charge in [0.05, 0.1) is 19.8 Å².